The van der Waals surface area contributed by atoms with Crippen LogP contribution in [0.15, 0.2) is 48.6 Å². The fraction of sp³-hybridized carbons (Fsp3) is 0.692. The summed E-state index contributed by atoms with van der Waals surface area (Å²) in [6.45, 7) is 10.3. The first-order valence-electron chi connectivity index (χ1n) is 11.8. The van der Waals surface area contributed by atoms with Crippen molar-refractivity contribution in [3.63, 3.8) is 0 Å². The maximum Gasteiger partial charge on any atom is 0.0548 e. The third-order valence-corrected chi connectivity index (χ3v) is 13.9. The SMILES string of the molecule is CCCC1CC([Si](C)(C)C2CC(CCC)C3C=CC=CC32)C2C=CC=CC12. The van der Waals surface area contributed by atoms with E-state index in [0.29, 0.717) is 0 Å². The standard InChI is InChI=1S/C26H40Si/c1-5-11-19-17-25(23-15-9-7-13-21(19)23)27(3,4)26-18-20(12-6-2)22-14-8-10-16-24(22)26/h7-10,13-16,19-26H,5-6,11-12,17-18H2,1-4H3. The summed E-state index contributed by atoms with van der Waals surface area (Å²) in [5.41, 5.74) is 1.95. The van der Waals surface area contributed by atoms with Gasteiger partial charge in [-0.15, -0.1) is 0 Å². The number of fused-ring (bicyclic) bond motifs is 2. The Morgan fingerprint density at radius 2 is 1.00 bits per heavy atom. The van der Waals surface area contributed by atoms with Crippen molar-refractivity contribution in [3.8, 4) is 0 Å². The Morgan fingerprint density at radius 1 is 0.630 bits per heavy atom. The van der Waals surface area contributed by atoms with Crippen LogP contribution in [0.3, 0.4) is 0 Å². The monoisotopic (exact) mass is 380 g/mol. The first-order chi connectivity index (χ1) is 13.1. The Balaban J connectivity index is 1.60. The molecule has 0 aliphatic heterocycles. The maximum atomic E-state index is 2.78. The molecule has 0 radical (unpaired) electrons. The molecule has 0 amide bonds. The Kier molecular flexibility index (Phi) is 5.70. The molecule has 2 saturated carbocycles. The van der Waals surface area contributed by atoms with E-state index in [1.165, 1.54) is 38.5 Å². The Morgan fingerprint density at radius 3 is 1.37 bits per heavy atom. The molecular formula is C26H40Si. The van der Waals surface area contributed by atoms with E-state index in [1.54, 1.807) is 0 Å². The summed E-state index contributed by atoms with van der Waals surface area (Å²) in [4.78, 5) is 0. The van der Waals surface area contributed by atoms with Crippen LogP contribution in [0, 0.1) is 35.5 Å². The van der Waals surface area contributed by atoms with Crippen LogP contribution in [0.25, 0.3) is 0 Å². The van der Waals surface area contributed by atoms with Gasteiger partial charge in [0.2, 0.25) is 0 Å². The second kappa shape index (κ2) is 7.89. The largest absolute Gasteiger partial charge is 0.0808 e. The van der Waals surface area contributed by atoms with E-state index in [-0.39, 0.29) is 0 Å². The minimum absolute atomic E-state index is 0.831. The number of hydrogen-bond acceptors (Lipinski definition) is 0. The van der Waals surface area contributed by atoms with Gasteiger partial charge in [-0.2, -0.15) is 0 Å². The predicted molar refractivity (Wildman–Crippen MR) is 122 cm³/mol. The highest BCUT2D eigenvalue weighted by Crippen LogP contribution is 2.62. The lowest BCUT2D eigenvalue weighted by atomic mass is 9.84. The van der Waals surface area contributed by atoms with Crippen molar-refractivity contribution in [2.24, 2.45) is 35.5 Å². The van der Waals surface area contributed by atoms with Gasteiger partial charge in [-0.1, -0.05) is 101 Å². The van der Waals surface area contributed by atoms with E-state index in [9.17, 15) is 0 Å². The molecule has 4 aliphatic carbocycles. The van der Waals surface area contributed by atoms with E-state index in [0.717, 1.165) is 46.6 Å². The lowest BCUT2D eigenvalue weighted by Gasteiger charge is -2.42. The Hall–Kier alpha value is -0.823. The molecule has 0 nitrogen and oxygen atoms in total. The van der Waals surface area contributed by atoms with Crippen LogP contribution in [0.4, 0.5) is 0 Å². The summed E-state index contributed by atoms with van der Waals surface area (Å²) < 4.78 is 0. The van der Waals surface area contributed by atoms with Crippen molar-refractivity contribution in [2.75, 3.05) is 0 Å². The molecule has 27 heavy (non-hydrogen) atoms. The van der Waals surface area contributed by atoms with Gasteiger partial charge in [-0.25, -0.2) is 0 Å². The smallest absolute Gasteiger partial charge is 0.0548 e. The molecule has 0 aromatic rings. The predicted octanol–water partition coefficient (Wildman–Crippen LogP) is 7.79. The highest BCUT2D eigenvalue weighted by molar-refractivity contribution is 6.80. The Labute approximate surface area is 168 Å². The summed E-state index contributed by atoms with van der Waals surface area (Å²) in [5, 5.41) is 0. The molecule has 1 heteroatoms. The molecule has 0 saturated heterocycles. The summed E-state index contributed by atoms with van der Waals surface area (Å²) in [5.74, 6) is 5.20. The third kappa shape index (κ3) is 3.39. The molecule has 8 unspecified atom stereocenters. The first kappa shape index (κ1) is 19.5. The second-order valence-electron chi connectivity index (χ2n) is 10.5. The van der Waals surface area contributed by atoms with Crippen molar-refractivity contribution >= 4 is 8.07 Å². The number of rotatable bonds is 6. The summed E-state index contributed by atoms with van der Waals surface area (Å²) in [6, 6.07) is 0. The molecule has 0 spiro atoms. The van der Waals surface area contributed by atoms with Gasteiger partial charge in [-0.05, 0) is 59.4 Å². The number of allylic oxidation sites excluding steroid dienone is 8. The van der Waals surface area contributed by atoms with Gasteiger partial charge in [0.1, 0.15) is 0 Å². The quantitative estimate of drug-likeness (QED) is 0.412. The summed E-state index contributed by atoms with van der Waals surface area (Å²) >= 11 is 0. The van der Waals surface area contributed by atoms with Crippen molar-refractivity contribution < 1.29 is 0 Å². The normalized spacial score (nSPS) is 42.5. The molecule has 0 bridgehead atoms. The van der Waals surface area contributed by atoms with Gasteiger partial charge in [-0.3, -0.25) is 0 Å². The number of hydrogen-bond donors (Lipinski definition) is 0. The van der Waals surface area contributed by atoms with Crippen molar-refractivity contribution in [1.82, 2.24) is 0 Å². The zero-order valence-corrected chi connectivity index (χ0v) is 19.0. The van der Waals surface area contributed by atoms with Gasteiger partial charge in [0, 0.05) is 0 Å². The highest BCUT2D eigenvalue weighted by atomic mass is 28.3. The molecule has 0 heterocycles. The summed E-state index contributed by atoms with van der Waals surface area (Å²) in [6.07, 6.45) is 28.3. The topological polar surface area (TPSA) is 0 Å². The van der Waals surface area contributed by atoms with Crippen LogP contribution in [0.5, 0.6) is 0 Å². The van der Waals surface area contributed by atoms with Crippen LogP contribution in [0.1, 0.15) is 52.4 Å². The Bertz CT molecular complexity index is 583. The molecule has 2 fully saturated rings. The average Bonchev–Trinajstić information content (AvgIpc) is 3.23. The zero-order chi connectivity index (χ0) is 19.0. The van der Waals surface area contributed by atoms with E-state index in [2.05, 4.69) is 75.5 Å². The van der Waals surface area contributed by atoms with Gasteiger partial charge < -0.3 is 0 Å². The van der Waals surface area contributed by atoms with Crippen LogP contribution in [-0.4, -0.2) is 8.07 Å². The second-order valence-corrected chi connectivity index (χ2v) is 15.6. The van der Waals surface area contributed by atoms with Gasteiger partial charge in [0.15, 0.2) is 0 Å². The van der Waals surface area contributed by atoms with E-state index in [1.807, 2.05) is 0 Å². The van der Waals surface area contributed by atoms with E-state index < -0.39 is 8.07 Å². The van der Waals surface area contributed by atoms with Crippen LogP contribution < -0.4 is 0 Å². The maximum absolute atomic E-state index is 2.78. The third-order valence-electron chi connectivity index (χ3n) is 8.81. The minimum Gasteiger partial charge on any atom is -0.0808 e. The van der Waals surface area contributed by atoms with Crippen LogP contribution in [0.2, 0.25) is 24.2 Å². The van der Waals surface area contributed by atoms with Crippen LogP contribution >= 0.6 is 0 Å². The highest BCUT2D eigenvalue weighted by Gasteiger charge is 2.55. The fourth-order valence-electron chi connectivity index (χ4n) is 7.55. The van der Waals surface area contributed by atoms with Gasteiger partial charge >= 0.3 is 0 Å². The van der Waals surface area contributed by atoms with Crippen LogP contribution in [-0.2, 0) is 0 Å². The van der Waals surface area contributed by atoms with Gasteiger partial charge in [0.05, 0.1) is 8.07 Å². The van der Waals surface area contributed by atoms with E-state index in [4.69, 9.17) is 0 Å². The van der Waals surface area contributed by atoms with Crippen molar-refractivity contribution in [3.05, 3.63) is 48.6 Å². The summed E-state index contributed by atoms with van der Waals surface area (Å²) in [7, 11) is -1.37. The molecule has 4 rings (SSSR count). The molecular weight excluding hydrogens is 340 g/mol. The zero-order valence-electron chi connectivity index (χ0n) is 18.0. The van der Waals surface area contributed by atoms with E-state index >= 15 is 0 Å². The van der Waals surface area contributed by atoms with Gasteiger partial charge in [0.25, 0.3) is 0 Å². The molecule has 0 N–H and O–H groups in total. The first-order valence-corrected chi connectivity index (χ1v) is 14.9. The average molecular weight is 381 g/mol. The molecule has 8 atom stereocenters. The van der Waals surface area contributed by atoms with Crippen molar-refractivity contribution in [2.45, 2.75) is 76.5 Å². The lowest BCUT2D eigenvalue weighted by Crippen LogP contribution is -2.42. The molecule has 4 aliphatic rings. The molecule has 148 valence electrons. The lowest BCUT2D eigenvalue weighted by molar-refractivity contribution is 0.390. The molecule has 0 aromatic heterocycles. The van der Waals surface area contributed by atoms with Crippen molar-refractivity contribution in [1.29, 1.82) is 0 Å². The minimum atomic E-state index is -1.37. The fourth-order valence-corrected chi connectivity index (χ4v) is 12.6. The molecule has 0 aromatic carbocycles.